The van der Waals surface area contributed by atoms with Crippen LogP contribution in [0.2, 0.25) is 0 Å². The number of hydrogen-bond donors (Lipinski definition) is 0. The van der Waals surface area contributed by atoms with Gasteiger partial charge in [0.05, 0.1) is 0 Å². The number of hydrogen-bond acceptors (Lipinski definition) is 3. The van der Waals surface area contributed by atoms with Crippen LogP contribution in [-0.4, -0.2) is 17.8 Å². The van der Waals surface area contributed by atoms with Crippen molar-refractivity contribution in [2.24, 2.45) is 0 Å². The van der Waals surface area contributed by atoms with Gasteiger partial charge in [0.1, 0.15) is 0 Å². The lowest BCUT2D eigenvalue weighted by atomic mass is 10.2. The number of rotatable bonds is 3. The largest absolute Gasteiger partial charge is 0.287 e. The van der Waals surface area contributed by atoms with Crippen molar-refractivity contribution in [3.8, 4) is 0 Å². The van der Waals surface area contributed by atoms with E-state index in [1.165, 1.54) is 6.42 Å². The van der Waals surface area contributed by atoms with E-state index in [-0.39, 0.29) is 0 Å². The summed E-state index contributed by atoms with van der Waals surface area (Å²) < 4.78 is 13.8. The van der Waals surface area contributed by atoms with Crippen LogP contribution >= 0.6 is 48.3 Å². The van der Waals surface area contributed by atoms with E-state index in [0.29, 0.717) is 0 Å². The molecule has 1 heterocycles. The average molecular weight is 266 g/mol. The first-order valence-electron chi connectivity index (χ1n) is 3.69. The standard InChI is InChI=1S/C5H10Cl2NOPS2/c6-11-10(9,12-7)8-4-2-1-3-5-8/h1-5H2. The van der Waals surface area contributed by atoms with Gasteiger partial charge in [0.25, 0.3) is 5.70 Å². The van der Waals surface area contributed by atoms with Crippen molar-refractivity contribution in [3.63, 3.8) is 0 Å². The SMILES string of the molecule is O=P(SCl)(SCl)N1CCCCC1. The second kappa shape index (κ2) is 5.38. The molecule has 0 amide bonds. The van der Waals surface area contributed by atoms with Crippen LogP contribution in [0.4, 0.5) is 0 Å². The van der Waals surface area contributed by atoms with E-state index >= 15 is 0 Å². The number of nitrogens with zero attached hydrogens (tertiary/aromatic N) is 1. The Morgan fingerprint density at radius 3 is 2.00 bits per heavy atom. The average Bonchev–Trinajstić information content (AvgIpc) is 2.18. The summed E-state index contributed by atoms with van der Waals surface area (Å²) in [7, 11) is 12.8. The maximum absolute atomic E-state index is 11.9. The van der Waals surface area contributed by atoms with Crippen molar-refractivity contribution < 1.29 is 4.57 Å². The summed E-state index contributed by atoms with van der Waals surface area (Å²) in [6.07, 6.45) is 3.41. The fourth-order valence-electron chi connectivity index (χ4n) is 1.22. The molecular formula is C5H10Cl2NOPS2. The van der Waals surface area contributed by atoms with E-state index < -0.39 is 5.70 Å². The molecule has 0 aromatic rings. The lowest BCUT2D eigenvalue weighted by Gasteiger charge is -2.29. The fourth-order valence-corrected chi connectivity index (χ4v) is 7.82. The highest BCUT2D eigenvalue weighted by atomic mass is 35.8. The minimum absolute atomic E-state index is 0.858. The summed E-state index contributed by atoms with van der Waals surface area (Å²) >= 11 is 0. The Labute approximate surface area is 89.7 Å². The van der Waals surface area contributed by atoms with Crippen LogP contribution in [0.25, 0.3) is 0 Å². The molecule has 12 heavy (non-hydrogen) atoms. The summed E-state index contributed by atoms with van der Waals surface area (Å²) in [6, 6.07) is 0. The van der Waals surface area contributed by atoms with Gasteiger partial charge in [0.2, 0.25) is 0 Å². The molecule has 0 radical (unpaired) electrons. The van der Waals surface area contributed by atoms with Crippen LogP contribution in [0.15, 0.2) is 0 Å². The number of halogens is 2. The molecule has 0 spiro atoms. The summed E-state index contributed by atoms with van der Waals surface area (Å²) in [5.41, 5.74) is -2.56. The zero-order chi connectivity index (χ0) is 9.03. The van der Waals surface area contributed by atoms with Gasteiger partial charge in [-0.3, -0.25) is 4.57 Å². The van der Waals surface area contributed by atoms with Gasteiger partial charge < -0.3 is 0 Å². The highest BCUT2D eigenvalue weighted by molar-refractivity contribution is 8.99. The lowest BCUT2D eigenvalue weighted by molar-refractivity contribution is 0.358. The Kier molecular flexibility index (Phi) is 5.17. The molecule has 1 saturated heterocycles. The van der Waals surface area contributed by atoms with E-state index in [2.05, 4.69) is 0 Å². The van der Waals surface area contributed by atoms with Crippen LogP contribution in [0.5, 0.6) is 0 Å². The smallest absolute Gasteiger partial charge is 0.280 e. The zero-order valence-electron chi connectivity index (χ0n) is 6.41. The van der Waals surface area contributed by atoms with Crippen molar-refractivity contribution in [2.75, 3.05) is 13.1 Å². The number of piperidine rings is 1. The molecule has 1 aliphatic rings. The fraction of sp³-hybridized carbons (Fsp3) is 1.00. The molecule has 72 valence electrons. The predicted molar refractivity (Wildman–Crippen MR) is 59.9 cm³/mol. The van der Waals surface area contributed by atoms with Crippen molar-refractivity contribution in [3.05, 3.63) is 0 Å². The molecule has 0 saturated carbocycles. The Morgan fingerprint density at radius 1 is 1.08 bits per heavy atom. The monoisotopic (exact) mass is 265 g/mol. The summed E-state index contributed by atoms with van der Waals surface area (Å²) in [5, 5.41) is 0. The highest BCUT2D eigenvalue weighted by Gasteiger charge is 2.32. The molecule has 1 rings (SSSR count). The molecule has 0 aromatic carbocycles. The Balaban J connectivity index is 2.58. The van der Waals surface area contributed by atoms with E-state index in [0.717, 1.165) is 47.1 Å². The first kappa shape index (κ1) is 11.5. The summed E-state index contributed by atoms with van der Waals surface area (Å²) in [5.74, 6) is 0. The quantitative estimate of drug-likeness (QED) is 0.707. The van der Waals surface area contributed by atoms with Gasteiger partial charge in [-0.2, -0.15) is 0 Å². The van der Waals surface area contributed by atoms with Crippen LogP contribution in [-0.2, 0) is 4.57 Å². The van der Waals surface area contributed by atoms with Gasteiger partial charge in [-0.05, 0) is 34.2 Å². The molecule has 0 aromatic heterocycles. The Hall–Kier alpha value is 1.47. The molecule has 1 fully saturated rings. The zero-order valence-corrected chi connectivity index (χ0v) is 10.4. The molecule has 0 N–H and O–H groups in total. The molecular weight excluding hydrogens is 256 g/mol. The second-order valence-corrected chi connectivity index (χ2v) is 11.4. The molecule has 0 bridgehead atoms. The third kappa shape index (κ3) is 2.73. The molecule has 0 atom stereocenters. The van der Waals surface area contributed by atoms with E-state index in [4.69, 9.17) is 21.4 Å². The maximum atomic E-state index is 11.9. The third-order valence-electron chi connectivity index (χ3n) is 1.85. The Morgan fingerprint density at radius 2 is 1.58 bits per heavy atom. The van der Waals surface area contributed by atoms with Crippen molar-refractivity contribution in [1.29, 1.82) is 0 Å². The van der Waals surface area contributed by atoms with Crippen LogP contribution in [0.3, 0.4) is 0 Å². The van der Waals surface area contributed by atoms with E-state index in [9.17, 15) is 4.57 Å². The minimum Gasteiger partial charge on any atom is -0.280 e. The van der Waals surface area contributed by atoms with Crippen LogP contribution in [0.1, 0.15) is 19.3 Å². The minimum atomic E-state index is -2.56. The van der Waals surface area contributed by atoms with Crippen molar-refractivity contribution in [2.45, 2.75) is 19.3 Å². The molecule has 0 aliphatic carbocycles. The van der Waals surface area contributed by atoms with E-state index in [1.807, 2.05) is 4.67 Å². The Bertz CT molecular complexity index is 180. The summed E-state index contributed by atoms with van der Waals surface area (Å²) in [6.45, 7) is 1.72. The lowest BCUT2D eigenvalue weighted by Crippen LogP contribution is -2.24. The molecule has 1 aliphatic heterocycles. The van der Waals surface area contributed by atoms with Gasteiger partial charge >= 0.3 is 0 Å². The third-order valence-corrected chi connectivity index (χ3v) is 11.9. The van der Waals surface area contributed by atoms with Gasteiger partial charge in [0.15, 0.2) is 0 Å². The first-order valence-corrected chi connectivity index (χ1v) is 9.84. The van der Waals surface area contributed by atoms with Gasteiger partial charge in [-0.1, -0.05) is 6.42 Å². The normalized spacial score (nSPS) is 21.2. The summed E-state index contributed by atoms with van der Waals surface area (Å²) in [4.78, 5) is 0. The second-order valence-electron chi connectivity index (χ2n) is 2.62. The molecule has 7 heteroatoms. The van der Waals surface area contributed by atoms with Gasteiger partial charge in [0, 0.05) is 34.3 Å². The highest BCUT2D eigenvalue weighted by Crippen LogP contribution is 2.74. The molecule has 2 nitrogen and oxygen atoms in total. The van der Waals surface area contributed by atoms with Gasteiger partial charge in [-0.15, -0.1) is 0 Å². The van der Waals surface area contributed by atoms with E-state index in [1.54, 1.807) is 0 Å². The van der Waals surface area contributed by atoms with Crippen LogP contribution in [0, 0.1) is 0 Å². The van der Waals surface area contributed by atoms with Crippen LogP contribution < -0.4 is 0 Å². The predicted octanol–water partition coefficient (Wildman–Crippen LogP) is 4.35. The first-order chi connectivity index (χ1) is 5.73. The van der Waals surface area contributed by atoms with Crippen molar-refractivity contribution >= 4 is 48.3 Å². The molecule has 0 unspecified atom stereocenters. The topological polar surface area (TPSA) is 20.3 Å². The van der Waals surface area contributed by atoms with Crippen molar-refractivity contribution in [1.82, 2.24) is 4.67 Å². The van der Waals surface area contributed by atoms with Gasteiger partial charge in [-0.25, -0.2) is 4.67 Å². The maximum Gasteiger partial charge on any atom is 0.287 e.